The molecule has 0 bridgehead atoms. The maximum absolute atomic E-state index is 11.0. The van der Waals surface area contributed by atoms with Gasteiger partial charge in [0.05, 0.1) is 13.1 Å². The van der Waals surface area contributed by atoms with Crippen LogP contribution in [0.3, 0.4) is 0 Å². The fourth-order valence-electron chi connectivity index (χ4n) is 2.15. The average Bonchev–Trinajstić information content (AvgIpc) is 2.30. The smallest absolute Gasteiger partial charge is 0.149 e. The summed E-state index contributed by atoms with van der Waals surface area (Å²) in [5.41, 5.74) is 0. The van der Waals surface area contributed by atoms with Gasteiger partial charge in [-0.1, -0.05) is 13.8 Å². The summed E-state index contributed by atoms with van der Waals surface area (Å²) in [6.45, 7) is 7.48. The topological polar surface area (TPSA) is 40.6 Å². The summed E-state index contributed by atoms with van der Waals surface area (Å²) in [4.78, 5) is 26.1. The summed E-state index contributed by atoms with van der Waals surface area (Å²) in [7, 11) is 3.98. The number of likely N-dealkylation sites (N-methyl/N-ethyl adjacent to an activating group) is 2. The fraction of sp³-hybridized carbons (Fsp3) is 0.857. The molecule has 4 heteroatoms. The minimum atomic E-state index is 0. The molecule has 0 radical (unpaired) electrons. The van der Waals surface area contributed by atoms with Gasteiger partial charge in [0.15, 0.2) is 0 Å². The second-order valence-corrected chi connectivity index (χ2v) is 5.79. The van der Waals surface area contributed by atoms with Crippen LogP contribution in [0.15, 0.2) is 0 Å². The Labute approximate surface area is 112 Å². The lowest BCUT2D eigenvalue weighted by molar-refractivity contribution is -0.126. The molecule has 0 saturated carbocycles. The van der Waals surface area contributed by atoms with Crippen LogP contribution in [0.2, 0.25) is 0 Å². The van der Waals surface area contributed by atoms with Gasteiger partial charge in [0.2, 0.25) is 0 Å². The molecule has 2 fully saturated rings. The standard InChI is InChI=1S/2C7H13NO.H2/c2*1-6-3-4-8(2)5-7(6)9;/h2*6H,3-5H2,1-2H3;1H. The normalized spacial score (nSPS) is 30.9. The molecule has 0 spiro atoms. The van der Waals surface area contributed by atoms with Crippen LogP contribution in [0.1, 0.15) is 28.1 Å². The number of nitrogens with zero attached hydrogens (tertiary/aromatic N) is 2. The molecular weight excluding hydrogens is 228 g/mol. The van der Waals surface area contributed by atoms with E-state index in [1.165, 1.54) is 0 Å². The highest BCUT2D eigenvalue weighted by Crippen LogP contribution is 2.11. The summed E-state index contributed by atoms with van der Waals surface area (Å²) in [6, 6.07) is 0. The summed E-state index contributed by atoms with van der Waals surface area (Å²) in [5, 5.41) is 0. The highest BCUT2D eigenvalue weighted by Gasteiger charge is 2.20. The first-order valence-electron chi connectivity index (χ1n) is 6.82. The Bertz CT molecular complexity index is 280. The lowest BCUT2D eigenvalue weighted by Crippen LogP contribution is -2.37. The predicted octanol–water partition coefficient (Wildman–Crippen LogP) is 1.30. The van der Waals surface area contributed by atoms with Crippen molar-refractivity contribution >= 4 is 11.6 Å². The minimum Gasteiger partial charge on any atom is -0.299 e. The first-order valence-corrected chi connectivity index (χ1v) is 6.82. The minimum absolute atomic E-state index is 0. The van der Waals surface area contributed by atoms with E-state index in [4.69, 9.17) is 0 Å². The number of rotatable bonds is 0. The third-order valence-electron chi connectivity index (χ3n) is 3.84. The average molecular weight is 256 g/mol. The van der Waals surface area contributed by atoms with Gasteiger partial charge in [-0.05, 0) is 40.0 Å². The molecule has 2 aliphatic heterocycles. The van der Waals surface area contributed by atoms with Gasteiger partial charge in [-0.2, -0.15) is 0 Å². The van der Waals surface area contributed by atoms with Crippen LogP contribution in [0, 0.1) is 11.8 Å². The molecule has 2 heterocycles. The van der Waals surface area contributed by atoms with Crippen molar-refractivity contribution in [3.05, 3.63) is 0 Å². The lowest BCUT2D eigenvalue weighted by Gasteiger charge is -2.24. The van der Waals surface area contributed by atoms with Crippen molar-refractivity contribution in [2.75, 3.05) is 40.3 Å². The number of hydrogen-bond acceptors (Lipinski definition) is 4. The molecule has 18 heavy (non-hydrogen) atoms. The van der Waals surface area contributed by atoms with Crippen LogP contribution in [0.25, 0.3) is 0 Å². The zero-order valence-electron chi connectivity index (χ0n) is 12.1. The highest BCUT2D eigenvalue weighted by molar-refractivity contribution is 5.83. The summed E-state index contributed by atoms with van der Waals surface area (Å²) in [6.07, 6.45) is 2.07. The van der Waals surface area contributed by atoms with E-state index in [-0.39, 0.29) is 1.43 Å². The molecule has 0 aliphatic carbocycles. The Morgan fingerprint density at radius 3 is 1.44 bits per heavy atom. The number of Topliss-reactive ketones (excluding diaryl/α,β-unsaturated/α-hetero) is 2. The number of ketones is 2. The van der Waals surface area contributed by atoms with Crippen molar-refractivity contribution in [2.45, 2.75) is 26.7 Å². The van der Waals surface area contributed by atoms with E-state index < -0.39 is 0 Å². The van der Waals surface area contributed by atoms with Crippen LogP contribution in [0.4, 0.5) is 0 Å². The Balaban J connectivity index is 0.000000324. The Kier molecular flexibility index (Phi) is 5.96. The third kappa shape index (κ3) is 4.86. The zero-order chi connectivity index (χ0) is 13.7. The van der Waals surface area contributed by atoms with Crippen molar-refractivity contribution in [3.8, 4) is 0 Å². The van der Waals surface area contributed by atoms with Crippen molar-refractivity contribution in [2.24, 2.45) is 11.8 Å². The molecule has 0 N–H and O–H groups in total. The molecular formula is C14H28N2O2. The Morgan fingerprint density at radius 2 is 1.22 bits per heavy atom. The first-order chi connectivity index (χ1) is 8.40. The highest BCUT2D eigenvalue weighted by atomic mass is 16.1. The second-order valence-electron chi connectivity index (χ2n) is 5.79. The van der Waals surface area contributed by atoms with E-state index in [1.54, 1.807) is 0 Å². The molecule has 0 aromatic carbocycles. The van der Waals surface area contributed by atoms with Crippen molar-refractivity contribution in [3.63, 3.8) is 0 Å². The molecule has 0 aromatic rings. The molecule has 2 saturated heterocycles. The van der Waals surface area contributed by atoms with Gasteiger partial charge in [-0.15, -0.1) is 0 Å². The van der Waals surface area contributed by atoms with Crippen molar-refractivity contribution < 1.29 is 11.0 Å². The number of likely N-dealkylation sites (tertiary alicyclic amines) is 2. The van der Waals surface area contributed by atoms with E-state index in [9.17, 15) is 9.59 Å². The van der Waals surface area contributed by atoms with Gasteiger partial charge in [0.1, 0.15) is 11.6 Å². The quantitative estimate of drug-likeness (QED) is 0.655. The molecule has 2 atom stereocenters. The van der Waals surface area contributed by atoms with Gasteiger partial charge in [0, 0.05) is 13.3 Å². The van der Waals surface area contributed by atoms with Crippen LogP contribution in [-0.4, -0.2) is 61.6 Å². The summed E-state index contributed by atoms with van der Waals surface area (Å²) < 4.78 is 0. The Morgan fingerprint density at radius 1 is 0.889 bits per heavy atom. The molecule has 2 unspecified atom stereocenters. The van der Waals surface area contributed by atoms with Crippen molar-refractivity contribution in [1.29, 1.82) is 0 Å². The molecule has 2 rings (SSSR count). The van der Waals surface area contributed by atoms with Crippen LogP contribution in [-0.2, 0) is 9.59 Å². The summed E-state index contributed by atoms with van der Waals surface area (Å²) >= 11 is 0. The van der Waals surface area contributed by atoms with Gasteiger partial charge in [0.25, 0.3) is 0 Å². The number of carbonyl (C=O) groups is 2. The molecule has 106 valence electrons. The van der Waals surface area contributed by atoms with E-state index in [1.807, 2.05) is 27.9 Å². The number of hydrogen-bond donors (Lipinski definition) is 0. The van der Waals surface area contributed by atoms with Gasteiger partial charge in [-0.3, -0.25) is 19.4 Å². The SMILES string of the molecule is CC1CCN(C)CC1=O.CC1CCN(C)CC1=O.[HH]. The van der Waals surface area contributed by atoms with Gasteiger partial charge < -0.3 is 0 Å². The first kappa shape index (κ1) is 15.3. The monoisotopic (exact) mass is 256 g/mol. The zero-order valence-corrected chi connectivity index (χ0v) is 12.1. The predicted molar refractivity (Wildman–Crippen MR) is 74.7 cm³/mol. The maximum Gasteiger partial charge on any atom is 0.149 e. The van der Waals surface area contributed by atoms with E-state index in [0.717, 1.165) is 25.9 Å². The molecule has 2 aliphatic rings. The third-order valence-corrected chi connectivity index (χ3v) is 3.84. The van der Waals surface area contributed by atoms with E-state index >= 15 is 0 Å². The maximum atomic E-state index is 11.0. The van der Waals surface area contributed by atoms with Crippen LogP contribution < -0.4 is 0 Å². The molecule has 0 aromatic heterocycles. The fourth-order valence-corrected chi connectivity index (χ4v) is 2.15. The van der Waals surface area contributed by atoms with Crippen LogP contribution >= 0.6 is 0 Å². The van der Waals surface area contributed by atoms with E-state index in [0.29, 0.717) is 36.5 Å². The van der Waals surface area contributed by atoms with Gasteiger partial charge >= 0.3 is 0 Å². The lowest BCUT2D eigenvalue weighted by atomic mass is 9.98. The largest absolute Gasteiger partial charge is 0.299 e. The number of carbonyl (C=O) groups excluding carboxylic acids is 2. The van der Waals surface area contributed by atoms with Crippen molar-refractivity contribution in [1.82, 2.24) is 9.80 Å². The Hall–Kier alpha value is -0.740. The number of piperidine rings is 2. The molecule has 4 nitrogen and oxygen atoms in total. The summed E-state index contributed by atoms with van der Waals surface area (Å²) in [5.74, 6) is 1.40. The van der Waals surface area contributed by atoms with E-state index in [2.05, 4.69) is 9.80 Å². The molecule has 0 amide bonds. The second kappa shape index (κ2) is 7.00. The van der Waals surface area contributed by atoms with Crippen LogP contribution in [0.5, 0.6) is 0 Å². The van der Waals surface area contributed by atoms with Gasteiger partial charge in [-0.25, -0.2) is 0 Å².